The van der Waals surface area contributed by atoms with E-state index in [-0.39, 0.29) is 0 Å². The number of rotatable bonds is 1. The summed E-state index contributed by atoms with van der Waals surface area (Å²) in [6, 6.07) is 0. The second-order valence-electron chi connectivity index (χ2n) is 6.29. The van der Waals surface area contributed by atoms with Gasteiger partial charge in [-0.1, -0.05) is 5.92 Å². The van der Waals surface area contributed by atoms with E-state index in [1.165, 1.54) is 0 Å². The van der Waals surface area contributed by atoms with Crippen LogP contribution in [0.25, 0.3) is 0 Å². The number of anilines is 1. The molecule has 1 heterocycles. The predicted octanol–water partition coefficient (Wildman–Crippen LogP) is 1.58. The Hall–Kier alpha value is -1.47. The van der Waals surface area contributed by atoms with Gasteiger partial charge in [0.1, 0.15) is 11.4 Å². The Morgan fingerprint density at radius 3 is 2.42 bits per heavy atom. The summed E-state index contributed by atoms with van der Waals surface area (Å²) in [6.45, 7) is 2.05. The average Bonchev–Trinajstić information content (AvgIpc) is 2.95. The van der Waals surface area contributed by atoms with Crippen molar-refractivity contribution in [2.75, 3.05) is 5.73 Å². The van der Waals surface area contributed by atoms with Crippen LogP contribution in [0.1, 0.15) is 42.9 Å². The number of terminal acetylenes is 1. The van der Waals surface area contributed by atoms with E-state index < -0.39 is 5.60 Å². The summed E-state index contributed by atoms with van der Waals surface area (Å²) in [7, 11) is 1.89. The van der Waals surface area contributed by atoms with Gasteiger partial charge < -0.3 is 10.8 Å². The van der Waals surface area contributed by atoms with Crippen molar-refractivity contribution in [2.24, 2.45) is 18.9 Å². The van der Waals surface area contributed by atoms with Crippen LogP contribution in [0.2, 0.25) is 0 Å². The zero-order valence-corrected chi connectivity index (χ0v) is 11.6. The van der Waals surface area contributed by atoms with Crippen molar-refractivity contribution in [2.45, 2.75) is 44.1 Å². The molecular weight excluding hydrogens is 238 g/mol. The fraction of sp³-hybridized carbons (Fsp3) is 0.667. The summed E-state index contributed by atoms with van der Waals surface area (Å²) < 4.78 is 1.76. The number of hydrogen-bond acceptors (Lipinski definition) is 3. The number of fused-ring (bicyclic) bond motifs is 1. The Balaban J connectivity index is 1.79. The van der Waals surface area contributed by atoms with Crippen LogP contribution in [0.5, 0.6) is 0 Å². The lowest BCUT2D eigenvalue weighted by atomic mass is 9.92. The molecule has 2 fully saturated rings. The van der Waals surface area contributed by atoms with Crippen molar-refractivity contribution in [3.8, 4) is 12.3 Å². The minimum absolute atomic E-state index is 0.473. The SMILES string of the molecule is C#CC1(O)CC2CC(c3nn(C)c(N)c3C)CC2C1. The molecule has 1 aromatic heterocycles. The smallest absolute Gasteiger partial charge is 0.125 e. The number of aromatic nitrogens is 2. The third-order valence-corrected chi connectivity index (χ3v) is 5.07. The summed E-state index contributed by atoms with van der Waals surface area (Å²) in [4.78, 5) is 0. The molecule has 3 N–H and O–H groups in total. The van der Waals surface area contributed by atoms with Gasteiger partial charge in [-0.25, -0.2) is 0 Å². The molecule has 2 unspecified atom stereocenters. The fourth-order valence-corrected chi connectivity index (χ4v) is 4.06. The van der Waals surface area contributed by atoms with Crippen molar-refractivity contribution in [1.82, 2.24) is 9.78 Å². The highest BCUT2D eigenvalue weighted by Crippen LogP contribution is 2.53. The molecule has 3 rings (SSSR count). The van der Waals surface area contributed by atoms with Gasteiger partial charge in [-0.15, -0.1) is 6.42 Å². The molecule has 4 heteroatoms. The molecule has 4 nitrogen and oxygen atoms in total. The van der Waals surface area contributed by atoms with Crippen molar-refractivity contribution >= 4 is 5.82 Å². The van der Waals surface area contributed by atoms with Crippen molar-refractivity contribution < 1.29 is 5.11 Å². The molecular formula is C15H21N3O. The van der Waals surface area contributed by atoms with E-state index >= 15 is 0 Å². The molecule has 2 aliphatic rings. The Morgan fingerprint density at radius 1 is 1.42 bits per heavy atom. The first-order valence-corrected chi connectivity index (χ1v) is 6.92. The minimum Gasteiger partial charge on any atom is -0.384 e. The summed E-state index contributed by atoms with van der Waals surface area (Å²) in [5.41, 5.74) is 7.37. The average molecular weight is 259 g/mol. The van der Waals surface area contributed by atoms with E-state index in [4.69, 9.17) is 12.2 Å². The summed E-state index contributed by atoms with van der Waals surface area (Å²) >= 11 is 0. The van der Waals surface area contributed by atoms with E-state index in [1.807, 2.05) is 14.0 Å². The maximum Gasteiger partial charge on any atom is 0.125 e. The van der Waals surface area contributed by atoms with Crippen LogP contribution in [0.15, 0.2) is 0 Å². The highest BCUT2D eigenvalue weighted by molar-refractivity contribution is 5.43. The Bertz CT molecular complexity index is 540. The third kappa shape index (κ3) is 1.84. The molecule has 0 spiro atoms. The molecule has 0 aromatic carbocycles. The Morgan fingerprint density at radius 2 is 2.00 bits per heavy atom. The number of aliphatic hydroxyl groups is 1. The molecule has 0 bridgehead atoms. The van der Waals surface area contributed by atoms with Crippen LogP contribution in [0, 0.1) is 31.1 Å². The first kappa shape index (κ1) is 12.6. The molecule has 2 saturated carbocycles. The van der Waals surface area contributed by atoms with E-state index in [2.05, 4.69) is 11.0 Å². The number of hydrogen-bond donors (Lipinski definition) is 2. The molecule has 0 saturated heterocycles. The van der Waals surface area contributed by atoms with Gasteiger partial charge in [-0.3, -0.25) is 4.68 Å². The number of aryl methyl sites for hydroxylation is 1. The minimum atomic E-state index is -0.863. The van der Waals surface area contributed by atoms with Gasteiger partial charge in [0.2, 0.25) is 0 Å². The van der Waals surface area contributed by atoms with Gasteiger partial charge >= 0.3 is 0 Å². The van der Waals surface area contributed by atoms with E-state index in [0.29, 0.717) is 17.8 Å². The van der Waals surface area contributed by atoms with Gasteiger partial charge in [0.05, 0.1) is 5.69 Å². The Kier molecular flexibility index (Phi) is 2.65. The van der Waals surface area contributed by atoms with Crippen molar-refractivity contribution in [3.63, 3.8) is 0 Å². The predicted molar refractivity (Wildman–Crippen MR) is 74.3 cm³/mol. The summed E-state index contributed by atoms with van der Waals surface area (Å²) in [5, 5.41) is 14.8. The van der Waals surface area contributed by atoms with Crippen molar-refractivity contribution in [1.29, 1.82) is 0 Å². The van der Waals surface area contributed by atoms with Crippen LogP contribution >= 0.6 is 0 Å². The molecule has 2 aliphatic carbocycles. The molecule has 102 valence electrons. The topological polar surface area (TPSA) is 64.1 Å². The lowest BCUT2D eigenvalue weighted by Gasteiger charge is -2.17. The monoisotopic (exact) mass is 259 g/mol. The third-order valence-electron chi connectivity index (χ3n) is 5.07. The molecule has 1 aromatic rings. The lowest BCUT2D eigenvalue weighted by molar-refractivity contribution is 0.0988. The number of nitrogens with two attached hydrogens (primary N) is 1. The Labute approximate surface area is 114 Å². The van der Waals surface area contributed by atoms with Crippen LogP contribution in [0.3, 0.4) is 0 Å². The fourth-order valence-electron chi connectivity index (χ4n) is 4.06. The standard InChI is InChI=1S/C15H21N3O/c1-4-15(19)7-11-5-10(6-12(11)8-15)13-9(2)14(16)18(3)17-13/h1,10-12,19H,5-8,16H2,2-3H3. The largest absolute Gasteiger partial charge is 0.384 e. The van der Waals surface area contributed by atoms with Gasteiger partial charge in [-0.05, 0) is 44.4 Å². The lowest BCUT2D eigenvalue weighted by Crippen LogP contribution is -2.23. The molecule has 0 aliphatic heterocycles. The second kappa shape index (κ2) is 4.01. The van der Waals surface area contributed by atoms with Gasteiger partial charge in [0, 0.05) is 18.5 Å². The molecule has 19 heavy (non-hydrogen) atoms. The van der Waals surface area contributed by atoms with Crippen molar-refractivity contribution in [3.05, 3.63) is 11.3 Å². The summed E-state index contributed by atoms with van der Waals surface area (Å²) in [6.07, 6.45) is 9.07. The summed E-state index contributed by atoms with van der Waals surface area (Å²) in [5.74, 6) is 4.87. The van der Waals surface area contributed by atoms with Gasteiger partial charge in [-0.2, -0.15) is 5.10 Å². The first-order valence-electron chi connectivity index (χ1n) is 6.92. The maximum atomic E-state index is 10.2. The van der Waals surface area contributed by atoms with E-state index in [9.17, 15) is 5.11 Å². The highest BCUT2D eigenvalue weighted by Gasteiger charge is 2.48. The zero-order valence-electron chi connectivity index (χ0n) is 11.6. The van der Waals surface area contributed by atoms with Gasteiger partial charge in [0.25, 0.3) is 0 Å². The highest BCUT2D eigenvalue weighted by atomic mass is 16.3. The van der Waals surface area contributed by atoms with Crippen LogP contribution < -0.4 is 5.73 Å². The first-order chi connectivity index (χ1) is 8.93. The van der Waals surface area contributed by atoms with E-state index in [1.54, 1.807) is 4.68 Å². The molecule has 2 atom stereocenters. The van der Waals surface area contributed by atoms with Crippen LogP contribution in [-0.2, 0) is 7.05 Å². The van der Waals surface area contributed by atoms with Gasteiger partial charge in [0.15, 0.2) is 0 Å². The maximum absolute atomic E-state index is 10.2. The molecule has 0 amide bonds. The van der Waals surface area contributed by atoms with E-state index in [0.717, 1.165) is 42.8 Å². The van der Waals surface area contributed by atoms with Crippen LogP contribution in [-0.4, -0.2) is 20.5 Å². The van der Waals surface area contributed by atoms with Crippen LogP contribution in [0.4, 0.5) is 5.82 Å². The second-order valence-corrected chi connectivity index (χ2v) is 6.29. The number of nitrogens with zero attached hydrogens (tertiary/aromatic N) is 2. The quantitative estimate of drug-likeness (QED) is 0.753. The zero-order chi connectivity index (χ0) is 13.8. The molecule has 0 radical (unpaired) electrons. The number of nitrogen functional groups attached to an aromatic ring is 1. The normalized spacial score (nSPS) is 37.3.